The number of benzene rings is 6. The van der Waals surface area contributed by atoms with Crippen LogP contribution >= 0.6 is 0 Å². The van der Waals surface area contributed by atoms with Gasteiger partial charge in [-0.2, -0.15) is 0 Å². The molecule has 0 bridgehead atoms. The fourth-order valence-corrected chi connectivity index (χ4v) is 5.28. The third kappa shape index (κ3) is 10.6. The van der Waals surface area contributed by atoms with Crippen molar-refractivity contribution in [1.29, 1.82) is 0 Å². The number of fused-ring (bicyclic) bond motifs is 2. The Hall–Kier alpha value is -7.34. The Morgan fingerprint density at radius 1 is 0.566 bits per heavy atom. The van der Waals surface area contributed by atoms with Gasteiger partial charge in [0.1, 0.15) is 0 Å². The summed E-state index contributed by atoms with van der Waals surface area (Å²) in [5, 5.41) is 35.0. The smallest absolute Gasteiger partial charge is 0.336 e. The summed E-state index contributed by atoms with van der Waals surface area (Å²) in [5.74, 6) is -4.49. The minimum absolute atomic E-state index is 0.00325. The van der Waals surface area contributed by atoms with E-state index in [2.05, 4.69) is 10.6 Å². The van der Waals surface area contributed by atoms with Gasteiger partial charge in [0.05, 0.1) is 23.1 Å². The van der Waals surface area contributed by atoms with Gasteiger partial charge < -0.3 is 31.7 Å². The van der Waals surface area contributed by atoms with Gasteiger partial charge in [-0.1, -0.05) is 84.9 Å². The monoisotopic (exact) mass is 713 g/mol. The van der Waals surface area contributed by atoms with Crippen molar-refractivity contribution >= 4 is 68.5 Å². The number of amides is 3. The molecule has 0 aliphatic rings. The molecule has 0 heterocycles. The maximum atomic E-state index is 12.4. The molecule has 0 spiro atoms. The molecule has 7 N–H and O–H groups in total. The summed E-state index contributed by atoms with van der Waals surface area (Å²) in [5.41, 5.74) is 8.07. The molecule has 0 unspecified atom stereocenters. The van der Waals surface area contributed by atoms with Crippen LogP contribution in [0.1, 0.15) is 59.8 Å². The first-order valence-corrected chi connectivity index (χ1v) is 16.1. The first kappa shape index (κ1) is 38.5. The summed E-state index contributed by atoms with van der Waals surface area (Å²) in [7, 11) is 0. The standard InChI is InChI=1S/C18H13NO3.C12H9NO3.C11H13NO3/c20-17(14-9-3-4-10-15(14)18(21)22)19-16-11-5-7-12-6-1-2-8-13(12)16;13-11(14)8-5-1-3-7-4-2-6-9(10(7)8)12(15)16;1-8-3-2-4-9(7-8)12-10(13)5-6-11(14)15/h1-11H,(H,19,20)(H,21,22);1-6H,(H2,13,14)(H,15,16);2-4,7H,5-6H2,1H3,(H,12,13)(H,14,15). The van der Waals surface area contributed by atoms with Crippen molar-refractivity contribution in [1.82, 2.24) is 0 Å². The molecule has 3 amide bonds. The lowest BCUT2D eigenvalue weighted by Gasteiger charge is -2.10. The van der Waals surface area contributed by atoms with Crippen LogP contribution in [0.3, 0.4) is 0 Å². The van der Waals surface area contributed by atoms with Crippen molar-refractivity contribution in [3.05, 3.63) is 155 Å². The van der Waals surface area contributed by atoms with Gasteiger partial charge >= 0.3 is 17.9 Å². The van der Waals surface area contributed by atoms with Gasteiger partial charge in [-0.15, -0.1) is 0 Å². The van der Waals surface area contributed by atoms with Gasteiger partial charge in [0.15, 0.2) is 0 Å². The summed E-state index contributed by atoms with van der Waals surface area (Å²) < 4.78 is 0. The second-order valence-corrected chi connectivity index (χ2v) is 11.5. The molecule has 53 heavy (non-hydrogen) atoms. The number of primary amides is 1. The second kappa shape index (κ2) is 18.1. The zero-order valence-electron chi connectivity index (χ0n) is 28.4. The third-order valence-electron chi connectivity index (χ3n) is 7.71. The molecule has 0 saturated carbocycles. The van der Waals surface area contributed by atoms with Crippen molar-refractivity contribution in [2.24, 2.45) is 5.73 Å². The van der Waals surface area contributed by atoms with Crippen LogP contribution in [0.2, 0.25) is 0 Å². The summed E-state index contributed by atoms with van der Waals surface area (Å²) in [6.07, 6.45) is -0.138. The predicted molar refractivity (Wildman–Crippen MR) is 201 cm³/mol. The number of anilines is 2. The Morgan fingerprint density at radius 3 is 1.75 bits per heavy atom. The zero-order valence-corrected chi connectivity index (χ0v) is 28.4. The highest BCUT2D eigenvalue weighted by Crippen LogP contribution is 2.25. The molecule has 0 fully saturated rings. The summed E-state index contributed by atoms with van der Waals surface area (Å²) in [4.78, 5) is 67.4. The fourth-order valence-electron chi connectivity index (χ4n) is 5.28. The van der Waals surface area contributed by atoms with E-state index in [1.807, 2.05) is 61.5 Å². The number of carbonyl (C=O) groups is 6. The largest absolute Gasteiger partial charge is 0.481 e. The Bertz CT molecular complexity index is 2280. The van der Waals surface area contributed by atoms with E-state index in [4.69, 9.17) is 15.9 Å². The van der Waals surface area contributed by atoms with E-state index in [-0.39, 0.29) is 41.0 Å². The number of carboxylic acids is 3. The lowest BCUT2D eigenvalue weighted by molar-refractivity contribution is -0.138. The zero-order chi connectivity index (χ0) is 38.5. The molecule has 12 nitrogen and oxygen atoms in total. The van der Waals surface area contributed by atoms with E-state index in [1.165, 1.54) is 24.3 Å². The van der Waals surface area contributed by atoms with Crippen LogP contribution in [0.4, 0.5) is 11.4 Å². The van der Waals surface area contributed by atoms with E-state index in [9.17, 15) is 33.9 Å². The number of hydrogen-bond donors (Lipinski definition) is 6. The number of hydrogen-bond acceptors (Lipinski definition) is 6. The van der Waals surface area contributed by atoms with E-state index >= 15 is 0 Å². The van der Waals surface area contributed by atoms with E-state index in [1.54, 1.807) is 48.5 Å². The predicted octanol–water partition coefficient (Wildman–Crippen LogP) is 7.23. The van der Waals surface area contributed by atoms with Gasteiger partial charge in [-0.05, 0) is 65.7 Å². The minimum Gasteiger partial charge on any atom is -0.481 e. The van der Waals surface area contributed by atoms with Crippen molar-refractivity contribution in [3.63, 3.8) is 0 Å². The lowest BCUT2D eigenvalue weighted by atomic mass is 9.99. The van der Waals surface area contributed by atoms with Gasteiger partial charge in [0.2, 0.25) is 11.8 Å². The quantitative estimate of drug-likeness (QED) is 0.0890. The number of rotatable bonds is 9. The maximum absolute atomic E-state index is 12.4. The maximum Gasteiger partial charge on any atom is 0.336 e. The van der Waals surface area contributed by atoms with Crippen LogP contribution in [0.25, 0.3) is 21.5 Å². The summed E-state index contributed by atoms with van der Waals surface area (Å²) in [6.45, 7) is 1.92. The Kier molecular flexibility index (Phi) is 13.1. The normalized spacial score (nSPS) is 10.1. The number of aromatic carboxylic acids is 2. The molecule has 0 radical (unpaired) electrons. The van der Waals surface area contributed by atoms with Gasteiger partial charge in [0, 0.05) is 34.1 Å². The molecule has 6 aromatic rings. The molecule has 12 heteroatoms. The van der Waals surface area contributed by atoms with Gasteiger partial charge in [-0.3, -0.25) is 19.2 Å². The van der Waals surface area contributed by atoms with Crippen LogP contribution < -0.4 is 16.4 Å². The van der Waals surface area contributed by atoms with Crippen LogP contribution in [-0.2, 0) is 9.59 Å². The Labute approximate surface area is 303 Å². The highest BCUT2D eigenvalue weighted by Gasteiger charge is 2.17. The molecule has 0 aromatic heterocycles. The lowest BCUT2D eigenvalue weighted by Crippen LogP contribution is -2.16. The van der Waals surface area contributed by atoms with E-state index < -0.39 is 29.7 Å². The van der Waals surface area contributed by atoms with Crippen LogP contribution in [0.15, 0.2) is 127 Å². The van der Waals surface area contributed by atoms with Crippen LogP contribution in [0, 0.1) is 6.92 Å². The number of carboxylic acid groups (broad SMARTS) is 3. The number of nitrogens with one attached hydrogen (secondary N) is 2. The molecule has 0 aliphatic carbocycles. The van der Waals surface area contributed by atoms with Crippen molar-refractivity contribution < 1.29 is 44.1 Å². The first-order chi connectivity index (χ1) is 25.3. The highest BCUT2D eigenvalue weighted by molar-refractivity contribution is 6.14. The second-order valence-electron chi connectivity index (χ2n) is 11.5. The van der Waals surface area contributed by atoms with E-state index in [0.29, 0.717) is 22.1 Å². The molecule has 6 rings (SSSR count). The molecule has 0 aliphatic heterocycles. The van der Waals surface area contributed by atoms with Gasteiger partial charge in [0.25, 0.3) is 5.91 Å². The fraction of sp³-hybridized carbons (Fsp3) is 0.0732. The molecular formula is C41H35N3O9. The molecular weight excluding hydrogens is 678 g/mol. The first-order valence-electron chi connectivity index (χ1n) is 16.1. The topological polar surface area (TPSA) is 213 Å². The molecule has 6 aromatic carbocycles. The third-order valence-corrected chi connectivity index (χ3v) is 7.71. The number of aryl methyl sites for hydroxylation is 1. The molecule has 268 valence electrons. The minimum atomic E-state index is -1.12. The SMILES string of the molecule is Cc1cccc(NC(=O)CCC(=O)O)c1.NC(=O)c1cccc2cccc(C(=O)O)c12.O=C(O)c1ccccc1C(=O)Nc1cccc2ccccc12. The van der Waals surface area contributed by atoms with Crippen LogP contribution in [-0.4, -0.2) is 50.9 Å². The number of aliphatic carboxylic acids is 1. The molecule has 0 saturated heterocycles. The highest BCUT2D eigenvalue weighted by atomic mass is 16.4. The number of nitrogens with two attached hydrogens (primary N) is 1. The summed E-state index contributed by atoms with van der Waals surface area (Å²) >= 11 is 0. The number of carbonyl (C=O) groups excluding carboxylic acids is 3. The van der Waals surface area contributed by atoms with Crippen LogP contribution in [0.5, 0.6) is 0 Å². The molecule has 0 atom stereocenters. The average Bonchev–Trinajstić information content (AvgIpc) is 3.14. The van der Waals surface area contributed by atoms with Crippen molar-refractivity contribution in [2.45, 2.75) is 19.8 Å². The average molecular weight is 714 g/mol. The van der Waals surface area contributed by atoms with Crippen molar-refractivity contribution in [3.8, 4) is 0 Å². The summed E-state index contributed by atoms with van der Waals surface area (Å²) in [6, 6.07) is 36.6. The Balaban J connectivity index is 0.000000182. The van der Waals surface area contributed by atoms with E-state index in [0.717, 1.165) is 16.3 Å². The van der Waals surface area contributed by atoms with Crippen molar-refractivity contribution in [2.75, 3.05) is 10.6 Å². The van der Waals surface area contributed by atoms with Gasteiger partial charge in [-0.25, -0.2) is 9.59 Å². The Morgan fingerprint density at radius 2 is 1.11 bits per heavy atom.